The fourth-order valence-corrected chi connectivity index (χ4v) is 3.65. The summed E-state index contributed by atoms with van der Waals surface area (Å²) >= 11 is 12.4. The topological polar surface area (TPSA) is 39.4 Å². The van der Waals surface area contributed by atoms with Crippen molar-refractivity contribution >= 4 is 34.2 Å². The molecule has 0 unspecified atom stereocenters. The zero-order valence-electron chi connectivity index (χ0n) is 14.3. The van der Waals surface area contributed by atoms with E-state index in [0.29, 0.717) is 32.5 Å². The summed E-state index contributed by atoms with van der Waals surface area (Å²) in [6.07, 6.45) is 0. The molecule has 1 heterocycles. The minimum Gasteiger partial charge on any atom is -0.497 e. The molecule has 1 aromatic heterocycles. The van der Waals surface area contributed by atoms with Crippen LogP contribution in [0.1, 0.15) is 0 Å². The number of hydrogen-bond donors (Lipinski definition) is 0. The second-order valence-electron chi connectivity index (χ2n) is 5.99. The van der Waals surface area contributed by atoms with Crippen molar-refractivity contribution in [2.45, 2.75) is 0 Å². The second kappa shape index (κ2) is 7.10. The molecule has 4 rings (SSSR count). The van der Waals surface area contributed by atoms with E-state index in [1.807, 2.05) is 42.5 Å². The van der Waals surface area contributed by atoms with Crippen LogP contribution in [0.25, 0.3) is 33.2 Å². The van der Waals surface area contributed by atoms with Crippen molar-refractivity contribution in [3.8, 4) is 28.0 Å². The summed E-state index contributed by atoms with van der Waals surface area (Å²) in [7, 11) is 1.57. The monoisotopic (exact) mass is 396 g/mol. The molecular formula is C22H14Cl2O3. The Labute approximate surface area is 165 Å². The molecule has 27 heavy (non-hydrogen) atoms. The fourth-order valence-electron chi connectivity index (χ4n) is 3.15. The van der Waals surface area contributed by atoms with Crippen molar-refractivity contribution < 1.29 is 9.15 Å². The van der Waals surface area contributed by atoms with Crippen molar-refractivity contribution in [1.29, 1.82) is 0 Å². The first-order valence-electron chi connectivity index (χ1n) is 8.24. The first-order valence-corrected chi connectivity index (χ1v) is 9.00. The molecule has 0 aliphatic carbocycles. The summed E-state index contributed by atoms with van der Waals surface area (Å²) < 4.78 is 10.9. The van der Waals surface area contributed by atoms with Crippen LogP contribution >= 0.6 is 23.2 Å². The van der Waals surface area contributed by atoms with E-state index in [1.54, 1.807) is 31.4 Å². The van der Waals surface area contributed by atoms with Gasteiger partial charge in [0.1, 0.15) is 11.3 Å². The van der Waals surface area contributed by atoms with Crippen molar-refractivity contribution in [2.24, 2.45) is 0 Å². The molecule has 0 spiro atoms. The quantitative estimate of drug-likeness (QED) is 0.374. The van der Waals surface area contributed by atoms with E-state index in [-0.39, 0.29) is 0 Å². The van der Waals surface area contributed by atoms with Crippen LogP contribution < -0.4 is 10.4 Å². The number of halogens is 2. The van der Waals surface area contributed by atoms with Gasteiger partial charge in [-0.3, -0.25) is 0 Å². The molecule has 3 aromatic carbocycles. The largest absolute Gasteiger partial charge is 0.497 e. The van der Waals surface area contributed by atoms with E-state index in [1.165, 1.54) is 0 Å². The number of fused-ring (bicyclic) bond motifs is 1. The second-order valence-corrected chi connectivity index (χ2v) is 6.84. The average molecular weight is 397 g/mol. The van der Waals surface area contributed by atoms with Crippen LogP contribution in [-0.4, -0.2) is 7.11 Å². The summed E-state index contributed by atoms with van der Waals surface area (Å²) in [4.78, 5) is 13.0. The van der Waals surface area contributed by atoms with Crippen LogP contribution in [0.4, 0.5) is 0 Å². The molecule has 0 N–H and O–H groups in total. The van der Waals surface area contributed by atoms with Crippen LogP contribution in [-0.2, 0) is 0 Å². The van der Waals surface area contributed by atoms with Crippen LogP contribution in [0, 0.1) is 0 Å². The minimum absolute atomic E-state index is 0.389. The third kappa shape index (κ3) is 3.20. The molecule has 0 aliphatic heterocycles. The molecule has 5 heteroatoms. The summed E-state index contributed by atoms with van der Waals surface area (Å²) in [5.41, 5.74) is 2.60. The lowest BCUT2D eigenvalue weighted by molar-refractivity contribution is 0.414. The maximum atomic E-state index is 13.0. The van der Waals surface area contributed by atoms with Gasteiger partial charge in [0.2, 0.25) is 0 Å². The van der Waals surface area contributed by atoms with Crippen molar-refractivity contribution in [3.63, 3.8) is 0 Å². The van der Waals surface area contributed by atoms with Crippen LogP contribution in [0.5, 0.6) is 5.75 Å². The van der Waals surface area contributed by atoms with Gasteiger partial charge < -0.3 is 9.15 Å². The predicted octanol–water partition coefficient (Wildman–Crippen LogP) is 6.44. The molecule has 0 amide bonds. The van der Waals surface area contributed by atoms with E-state index >= 15 is 0 Å². The highest BCUT2D eigenvalue weighted by atomic mass is 35.5. The van der Waals surface area contributed by atoms with E-state index < -0.39 is 5.63 Å². The van der Waals surface area contributed by atoms with Gasteiger partial charge in [-0.25, -0.2) is 4.79 Å². The van der Waals surface area contributed by atoms with Crippen LogP contribution in [0.2, 0.25) is 10.0 Å². The molecule has 0 radical (unpaired) electrons. The number of hydrogen-bond acceptors (Lipinski definition) is 3. The molecule has 0 saturated carbocycles. The van der Waals surface area contributed by atoms with Crippen molar-refractivity contribution in [3.05, 3.63) is 87.2 Å². The summed E-state index contributed by atoms with van der Waals surface area (Å²) in [6.45, 7) is 0. The molecule has 0 fully saturated rings. The molecule has 0 aliphatic rings. The Morgan fingerprint density at radius 1 is 0.889 bits per heavy atom. The Kier molecular flexibility index (Phi) is 4.65. The number of methoxy groups -OCH3 is 1. The molecule has 0 saturated heterocycles. The zero-order chi connectivity index (χ0) is 19.0. The van der Waals surface area contributed by atoms with Gasteiger partial charge in [-0.15, -0.1) is 0 Å². The van der Waals surface area contributed by atoms with E-state index in [0.717, 1.165) is 16.5 Å². The maximum absolute atomic E-state index is 13.0. The number of ether oxygens (including phenoxy) is 1. The molecule has 134 valence electrons. The van der Waals surface area contributed by atoms with Crippen molar-refractivity contribution in [2.75, 3.05) is 7.11 Å². The Morgan fingerprint density at radius 3 is 2.37 bits per heavy atom. The highest BCUT2D eigenvalue weighted by molar-refractivity contribution is 6.36. The van der Waals surface area contributed by atoms with Crippen LogP contribution in [0.3, 0.4) is 0 Å². The lowest BCUT2D eigenvalue weighted by Crippen LogP contribution is -2.06. The number of benzene rings is 3. The summed E-state index contributed by atoms with van der Waals surface area (Å²) in [5.74, 6) is 0.613. The zero-order valence-corrected chi connectivity index (χ0v) is 15.8. The van der Waals surface area contributed by atoms with Gasteiger partial charge in [0.15, 0.2) is 0 Å². The van der Waals surface area contributed by atoms with E-state index in [4.69, 9.17) is 32.4 Å². The highest BCUT2D eigenvalue weighted by Crippen LogP contribution is 2.39. The first kappa shape index (κ1) is 17.7. The van der Waals surface area contributed by atoms with Gasteiger partial charge in [0.05, 0.1) is 17.7 Å². The van der Waals surface area contributed by atoms with Gasteiger partial charge in [-0.1, -0.05) is 59.6 Å². The summed E-state index contributed by atoms with van der Waals surface area (Å²) in [6, 6.07) is 20.1. The Morgan fingerprint density at radius 2 is 1.67 bits per heavy atom. The summed E-state index contributed by atoms with van der Waals surface area (Å²) in [5, 5.41) is 1.68. The SMILES string of the molecule is COc1ccc2c(-c3ccccc3)c(-c3ccc(Cl)cc3Cl)c(=O)oc2c1. The first-order chi connectivity index (χ1) is 13.1. The van der Waals surface area contributed by atoms with Gasteiger partial charge in [0.25, 0.3) is 0 Å². The molecule has 3 nitrogen and oxygen atoms in total. The Balaban J connectivity index is 2.15. The van der Waals surface area contributed by atoms with Gasteiger partial charge >= 0.3 is 5.63 Å². The lowest BCUT2D eigenvalue weighted by atomic mass is 9.93. The standard InChI is InChI=1S/C22H14Cl2O3/c1-26-15-8-10-17-19(12-15)27-22(25)21(16-9-7-14(23)11-18(16)24)20(17)13-5-3-2-4-6-13/h2-12H,1H3. The molecule has 0 atom stereocenters. The Hall–Kier alpha value is -2.75. The fraction of sp³-hybridized carbons (Fsp3) is 0.0455. The van der Waals surface area contributed by atoms with Crippen molar-refractivity contribution in [1.82, 2.24) is 0 Å². The van der Waals surface area contributed by atoms with E-state index in [9.17, 15) is 4.79 Å². The minimum atomic E-state index is -0.473. The lowest BCUT2D eigenvalue weighted by Gasteiger charge is -2.14. The van der Waals surface area contributed by atoms with Gasteiger partial charge in [0, 0.05) is 27.6 Å². The Bertz CT molecular complexity index is 1200. The molecule has 0 bridgehead atoms. The normalized spacial score (nSPS) is 10.9. The third-order valence-electron chi connectivity index (χ3n) is 4.38. The average Bonchev–Trinajstić information content (AvgIpc) is 2.68. The predicted molar refractivity (Wildman–Crippen MR) is 110 cm³/mol. The molecular weight excluding hydrogens is 383 g/mol. The number of rotatable bonds is 3. The van der Waals surface area contributed by atoms with Gasteiger partial charge in [-0.05, 0) is 29.8 Å². The third-order valence-corrected chi connectivity index (χ3v) is 4.93. The van der Waals surface area contributed by atoms with Crippen LogP contribution in [0.15, 0.2) is 75.9 Å². The maximum Gasteiger partial charge on any atom is 0.344 e. The molecule has 4 aromatic rings. The van der Waals surface area contributed by atoms with Gasteiger partial charge in [-0.2, -0.15) is 0 Å². The smallest absolute Gasteiger partial charge is 0.344 e. The van der Waals surface area contributed by atoms with E-state index in [2.05, 4.69) is 0 Å². The highest BCUT2D eigenvalue weighted by Gasteiger charge is 2.20.